The SMILES string of the molecule is COc1ccc(C(=O)N2CCN(c3ccccc3-c3ccccc3)C(=O)C2C)cc1. The fraction of sp³-hybridized carbons (Fsp3) is 0.200. The maximum Gasteiger partial charge on any atom is 0.254 e. The minimum atomic E-state index is -0.544. The molecule has 0 spiro atoms. The summed E-state index contributed by atoms with van der Waals surface area (Å²) in [6, 6.07) is 24.4. The highest BCUT2D eigenvalue weighted by atomic mass is 16.5. The molecule has 4 rings (SSSR count). The third-order valence-electron chi connectivity index (χ3n) is 5.53. The molecule has 1 unspecified atom stereocenters. The molecule has 1 fully saturated rings. The minimum Gasteiger partial charge on any atom is -0.497 e. The van der Waals surface area contributed by atoms with Gasteiger partial charge in [-0.3, -0.25) is 9.59 Å². The Bertz CT molecular complexity index is 1050. The van der Waals surface area contributed by atoms with Crippen LogP contribution in [0.15, 0.2) is 78.9 Å². The van der Waals surface area contributed by atoms with E-state index in [4.69, 9.17) is 4.74 Å². The van der Waals surface area contributed by atoms with Gasteiger partial charge in [0.2, 0.25) is 5.91 Å². The highest BCUT2D eigenvalue weighted by Gasteiger charge is 2.36. The number of hydrogen-bond donors (Lipinski definition) is 0. The average Bonchev–Trinajstić information content (AvgIpc) is 2.81. The first-order valence-electron chi connectivity index (χ1n) is 10.0. The minimum absolute atomic E-state index is 0.0773. The lowest BCUT2D eigenvalue weighted by Gasteiger charge is -2.39. The molecule has 2 amide bonds. The van der Waals surface area contributed by atoms with Crippen LogP contribution in [0.3, 0.4) is 0 Å². The highest BCUT2D eigenvalue weighted by Crippen LogP contribution is 2.32. The number of carbonyl (C=O) groups excluding carboxylic acids is 2. The zero-order valence-electron chi connectivity index (χ0n) is 17.1. The van der Waals surface area contributed by atoms with Crippen molar-refractivity contribution in [2.45, 2.75) is 13.0 Å². The topological polar surface area (TPSA) is 49.9 Å². The van der Waals surface area contributed by atoms with Gasteiger partial charge in [-0.2, -0.15) is 0 Å². The molecule has 1 aliphatic heterocycles. The number of rotatable bonds is 4. The number of methoxy groups -OCH3 is 1. The lowest BCUT2D eigenvalue weighted by Crippen LogP contribution is -2.57. The zero-order valence-corrected chi connectivity index (χ0v) is 17.1. The number of hydrogen-bond acceptors (Lipinski definition) is 3. The molecule has 0 bridgehead atoms. The molecule has 30 heavy (non-hydrogen) atoms. The molecule has 3 aromatic rings. The molecule has 0 aliphatic carbocycles. The van der Waals surface area contributed by atoms with Crippen LogP contribution in [0.25, 0.3) is 11.1 Å². The molecule has 5 heteroatoms. The number of ether oxygens (including phenoxy) is 1. The van der Waals surface area contributed by atoms with E-state index in [9.17, 15) is 9.59 Å². The molecule has 1 atom stereocenters. The van der Waals surface area contributed by atoms with Crippen LogP contribution in [0.4, 0.5) is 5.69 Å². The van der Waals surface area contributed by atoms with Gasteiger partial charge >= 0.3 is 0 Å². The van der Waals surface area contributed by atoms with E-state index in [2.05, 4.69) is 0 Å². The van der Waals surface area contributed by atoms with Gasteiger partial charge in [-0.25, -0.2) is 0 Å². The summed E-state index contributed by atoms with van der Waals surface area (Å²) in [4.78, 5) is 29.7. The summed E-state index contributed by atoms with van der Waals surface area (Å²) < 4.78 is 5.16. The molecule has 0 aromatic heterocycles. The molecule has 1 saturated heterocycles. The van der Waals surface area contributed by atoms with Gasteiger partial charge in [0.05, 0.1) is 12.8 Å². The van der Waals surface area contributed by atoms with Crippen molar-refractivity contribution in [3.05, 3.63) is 84.4 Å². The molecule has 3 aromatic carbocycles. The van der Waals surface area contributed by atoms with Crippen LogP contribution in [-0.4, -0.2) is 43.0 Å². The summed E-state index contributed by atoms with van der Waals surface area (Å²) in [6.45, 7) is 2.72. The van der Waals surface area contributed by atoms with E-state index >= 15 is 0 Å². The molecule has 1 aliphatic rings. The van der Waals surface area contributed by atoms with Crippen molar-refractivity contribution in [1.82, 2.24) is 4.90 Å². The zero-order chi connectivity index (χ0) is 21.1. The van der Waals surface area contributed by atoms with E-state index in [0.29, 0.717) is 24.4 Å². The second kappa shape index (κ2) is 8.41. The van der Waals surface area contributed by atoms with Crippen molar-refractivity contribution in [3.8, 4) is 16.9 Å². The maximum atomic E-state index is 13.3. The summed E-state index contributed by atoms with van der Waals surface area (Å²) in [7, 11) is 1.59. The fourth-order valence-corrected chi connectivity index (χ4v) is 3.86. The Kier molecular flexibility index (Phi) is 5.53. The lowest BCUT2D eigenvalue weighted by atomic mass is 10.0. The predicted molar refractivity (Wildman–Crippen MR) is 118 cm³/mol. The molecule has 152 valence electrons. The average molecular weight is 400 g/mol. The summed E-state index contributed by atoms with van der Waals surface area (Å²) >= 11 is 0. The van der Waals surface area contributed by atoms with Gasteiger partial charge in [0, 0.05) is 24.2 Å². The first-order valence-corrected chi connectivity index (χ1v) is 10.0. The predicted octanol–water partition coefficient (Wildman–Crippen LogP) is 4.24. The second-order valence-electron chi connectivity index (χ2n) is 7.28. The van der Waals surface area contributed by atoms with Crippen LogP contribution >= 0.6 is 0 Å². The smallest absolute Gasteiger partial charge is 0.254 e. The van der Waals surface area contributed by atoms with Crippen LogP contribution in [0.1, 0.15) is 17.3 Å². The van der Waals surface area contributed by atoms with Crippen molar-refractivity contribution in [2.24, 2.45) is 0 Å². The molecule has 0 radical (unpaired) electrons. The molecular weight excluding hydrogens is 376 g/mol. The first-order chi connectivity index (χ1) is 14.6. The normalized spacial score (nSPS) is 16.5. The van der Waals surface area contributed by atoms with Gasteiger partial charge in [0.15, 0.2) is 0 Å². The van der Waals surface area contributed by atoms with E-state index in [1.807, 2.05) is 54.6 Å². The number of benzene rings is 3. The number of para-hydroxylation sites is 1. The fourth-order valence-electron chi connectivity index (χ4n) is 3.86. The van der Waals surface area contributed by atoms with Gasteiger partial charge in [-0.1, -0.05) is 48.5 Å². The van der Waals surface area contributed by atoms with Crippen molar-refractivity contribution >= 4 is 17.5 Å². The van der Waals surface area contributed by atoms with Crippen LogP contribution in [-0.2, 0) is 4.79 Å². The molecule has 5 nitrogen and oxygen atoms in total. The van der Waals surface area contributed by atoms with Crippen LogP contribution in [0.2, 0.25) is 0 Å². The number of piperazine rings is 1. The van der Waals surface area contributed by atoms with Gasteiger partial charge < -0.3 is 14.5 Å². The Balaban J connectivity index is 1.58. The van der Waals surface area contributed by atoms with E-state index in [0.717, 1.165) is 16.8 Å². The van der Waals surface area contributed by atoms with Crippen LogP contribution in [0.5, 0.6) is 5.75 Å². The van der Waals surface area contributed by atoms with Crippen molar-refractivity contribution < 1.29 is 14.3 Å². The number of nitrogens with zero attached hydrogens (tertiary/aromatic N) is 2. The monoisotopic (exact) mass is 400 g/mol. The van der Waals surface area contributed by atoms with Crippen molar-refractivity contribution in [2.75, 3.05) is 25.1 Å². The van der Waals surface area contributed by atoms with Gasteiger partial charge in [-0.15, -0.1) is 0 Å². The molecular formula is C25H24N2O3. The largest absolute Gasteiger partial charge is 0.497 e. The Hall–Kier alpha value is -3.60. The molecule has 1 heterocycles. The van der Waals surface area contributed by atoms with Crippen molar-refractivity contribution in [3.63, 3.8) is 0 Å². The Morgan fingerprint density at radius 2 is 1.57 bits per heavy atom. The lowest BCUT2D eigenvalue weighted by molar-refractivity contribution is -0.124. The number of amides is 2. The summed E-state index contributed by atoms with van der Waals surface area (Å²) in [5.41, 5.74) is 3.49. The number of anilines is 1. The first kappa shape index (κ1) is 19.7. The Labute approximate surface area is 176 Å². The molecule has 0 N–H and O–H groups in total. The third kappa shape index (κ3) is 3.66. The summed E-state index contributed by atoms with van der Waals surface area (Å²) in [5.74, 6) is 0.471. The van der Waals surface area contributed by atoms with E-state index in [-0.39, 0.29) is 11.8 Å². The van der Waals surface area contributed by atoms with Crippen LogP contribution < -0.4 is 9.64 Å². The van der Waals surface area contributed by atoms with E-state index in [1.54, 1.807) is 48.1 Å². The summed E-state index contributed by atoms with van der Waals surface area (Å²) in [5, 5.41) is 0. The van der Waals surface area contributed by atoms with Gasteiger partial charge in [0.25, 0.3) is 5.91 Å². The standard InChI is InChI=1S/C25H24N2O3/c1-18-24(28)27(23-11-7-6-10-22(23)19-8-4-3-5-9-19)17-16-26(18)25(29)20-12-14-21(30-2)15-13-20/h3-15,18H,16-17H2,1-2H3. The maximum absolute atomic E-state index is 13.3. The van der Waals surface area contributed by atoms with Crippen molar-refractivity contribution in [1.29, 1.82) is 0 Å². The Morgan fingerprint density at radius 1 is 0.900 bits per heavy atom. The van der Waals surface area contributed by atoms with E-state index < -0.39 is 6.04 Å². The van der Waals surface area contributed by atoms with Gasteiger partial charge in [-0.05, 0) is 42.8 Å². The second-order valence-corrected chi connectivity index (χ2v) is 7.28. The number of carbonyl (C=O) groups is 2. The van der Waals surface area contributed by atoms with E-state index in [1.165, 1.54) is 0 Å². The third-order valence-corrected chi connectivity index (χ3v) is 5.53. The highest BCUT2D eigenvalue weighted by molar-refractivity contribution is 6.05. The Morgan fingerprint density at radius 3 is 2.27 bits per heavy atom. The quantitative estimate of drug-likeness (QED) is 0.658. The van der Waals surface area contributed by atoms with Gasteiger partial charge in [0.1, 0.15) is 11.8 Å². The molecule has 0 saturated carbocycles. The van der Waals surface area contributed by atoms with Crippen LogP contribution in [0, 0.1) is 0 Å². The summed E-state index contributed by atoms with van der Waals surface area (Å²) in [6.07, 6.45) is 0.